The standard InChI is InChI=1S/C16H30N4O2/c1-11(2)14(21)16(4,5)10-18-15(22)17-8-7-13-9-19-20(6)12(13)3/h9,11,14,21H,7-8,10H2,1-6H3,(H2,17,18,22). The van der Waals surface area contributed by atoms with Crippen LogP contribution in [0.1, 0.15) is 39.0 Å². The van der Waals surface area contributed by atoms with Crippen molar-refractivity contribution in [3.63, 3.8) is 0 Å². The highest BCUT2D eigenvalue weighted by molar-refractivity contribution is 5.73. The number of hydrogen-bond acceptors (Lipinski definition) is 3. The van der Waals surface area contributed by atoms with Crippen molar-refractivity contribution in [2.75, 3.05) is 13.1 Å². The van der Waals surface area contributed by atoms with Gasteiger partial charge in [-0.05, 0) is 24.8 Å². The number of rotatable bonds is 7. The minimum atomic E-state index is -0.453. The van der Waals surface area contributed by atoms with Gasteiger partial charge in [-0.3, -0.25) is 4.68 Å². The van der Waals surface area contributed by atoms with Crippen molar-refractivity contribution in [3.8, 4) is 0 Å². The third kappa shape index (κ3) is 5.02. The monoisotopic (exact) mass is 310 g/mol. The van der Waals surface area contributed by atoms with E-state index in [0.717, 1.165) is 17.7 Å². The zero-order chi connectivity index (χ0) is 16.9. The maximum Gasteiger partial charge on any atom is 0.314 e. The van der Waals surface area contributed by atoms with Crippen molar-refractivity contribution < 1.29 is 9.90 Å². The summed E-state index contributed by atoms with van der Waals surface area (Å²) < 4.78 is 1.82. The molecule has 1 rings (SSSR count). The van der Waals surface area contributed by atoms with Gasteiger partial charge in [0.1, 0.15) is 0 Å². The summed E-state index contributed by atoms with van der Waals surface area (Å²) in [6, 6.07) is -0.203. The van der Waals surface area contributed by atoms with Gasteiger partial charge in [0.05, 0.1) is 12.3 Å². The Morgan fingerprint density at radius 1 is 1.41 bits per heavy atom. The summed E-state index contributed by atoms with van der Waals surface area (Å²) in [5.74, 6) is 0.161. The van der Waals surface area contributed by atoms with Crippen LogP contribution < -0.4 is 10.6 Å². The molecular formula is C16H30N4O2. The first kappa shape index (κ1) is 18.5. The van der Waals surface area contributed by atoms with Gasteiger partial charge < -0.3 is 15.7 Å². The van der Waals surface area contributed by atoms with Crippen molar-refractivity contribution in [1.82, 2.24) is 20.4 Å². The van der Waals surface area contributed by atoms with Crippen LogP contribution in [0.2, 0.25) is 0 Å². The van der Waals surface area contributed by atoms with Gasteiger partial charge in [0.25, 0.3) is 0 Å². The molecule has 1 aromatic rings. The summed E-state index contributed by atoms with van der Waals surface area (Å²) in [5, 5.41) is 20.0. The normalized spacial score (nSPS) is 13.3. The van der Waals surface area contributed by atoms with E-state index >= 15 is 0 Å². The molecule has 1 unspecified atom stereocenters. The zero-order valence-electron chi connectivity index (χ0n) is 14.6. The van der Waals surface area contributed by atoms with Crippen LogP contribution in [0.5, 0.6) is 0 Å². The fourth-order valence-electron chi connectivity index (χ4n) is 2.48. The van der Waals surface area contributed by atoms with Gasteiger partial charge in [0, 0.05) is 31.2 Å². The van der Waals surface area contributed by atoms with Gasteiger partial charge in [0.15, 0.2) is 0 Å². The summed E-state index contributed by atoms with van der Waals surface area (Å²) >= 11 is 0. The van der Waals surface area contributed by atoms with Crippen LogP contribution in [0, 0.1) is 18.3 Å². The average Bonchev–Trinajstić information content (AvgIpc) is 2.76. The lowest BCUT2D eigenvalue weighted by atomic mass is 9.81. The van der Waals surface area contributed by atoms with E-state index in [2.05, 4.69) is 15.7 Å². The highest BCUT2D eigenvalue weighted by atomic mass is 16.3. The molecule has 0 radical (unpaired) electrons. The first-order valence-electron chi connectivity index (χ1n) is 7.82. The quantitative estimate of drug-likeness (QED) is 0.716. The molecule has 3 N–H and O–H groups in total. The first-order valence-corrected chi connectivity index (χ1v) is 7.82. The molecule has 1 aromatic heterocycles. The van der Waals surface area contributed by atoms with E-state index < -0.39 is 6.10 Å². The smallest absolute Gasteiger partial charge is 0.314 e. The molecule has 0 aliphatic rings. The summed E-state index contributed by atoms with van der Waals surface area (Å²) in [5.41, 5.74) is 1.90. The molecule has 0 saturated carbocycles. The Morgan fingerprint density at radius 2 is 2.05 bits per heavy atom. The fourth-order valence-corrected chi connectivity index (χ4v) is 2.48. The van der Waals surface area contributed by atoms with Crippen molar-refractivity contribution in [2.45, 2.75) is 47.1 Å². The minimum Gasteiger partial charge on any atom is -0.392 e. The number of aryl methyl sites for hydroxylation is 1. The molecule has 0 aromatic carbocycles. The molecule has 0 fully saturated rings. The maximum atomic E-state index is 11.8. The fraction of sp³-hybridized carbons (Fsp3) is 0.750. The highest BCUT2D eigenvalue weighted by Gasteiger charge is 2.30. The van der Waals surface area contributed by atoms with Gasteiger partial charge in [-0.25, -0.2) is 4.79 Å². The van der Waals surface area contributed by atoms with E-state index in [-0.39, 0.29) is 17.4 Å². The van der Waals surface area contributed by atoms with E-state index in [0.29, 0.717) is 13.1 Å². The predicted octanol–water partition coefficient (Wildman–Crippen LogP) is 1.61. The van der Waals surface area contributed by atoms with Crippen LogP contribution in [0.25, 0.3) is 0 Å². The maximum absolute atomic E-state index is 11.8. The van der Waals surface area contributed by atoms with E-state index in [1.807, 2.05) is 52.5 Å². The molecule has 0 spiro atoms. The van der Waals surface area contributed by atoms with Crippen molar-refractivity contribution in [2.24, 2.45) is 18.4 Å². The second-order valence-corrected chi connectivity index (χ2v) is 6.92. The Balaban J connectivity index is 2.33. The first-order chi connectivity index (χ1) is 10.1. The van der Waals surface area contributed by atoms with Crippen molar-refractivity contribution in [1.29, 1.82) is 0 Å². The molecule has 0 saturated heterocycles. The molecule has 126 valence electrons. The van der Waals surface area contributed by atoms with Crippen molar-refractivity contribution in [3.05, 3.63) is 17.5 Å². The number of urea groups is 1. The van der Waals surface area contributed by atoms with Gasteiger partial charge in [-0.2, -0.15) is 5.10 Å². The largest absolute Gasteiger partial charge is 0.392 e. The Bertz CT molecular complexity index is 494. The molecule has 2 amide bonds. The van der Waals surface area contributed by atoms with Gasteiger partial charge in [-0.15, -0.1) is 0 Å². The van der Waals surface area contributed by atoms with E-state index in [1.54, 1.807) is 0 Å². The summed E-state index contributed by atoms with van der Waals surface area (Å²) in [6.07, 6.45) is 2.13. The number of aromatic nitrogens is 2. The van der Waals surface area contributed by atoms with Crippen LogP contribution in [-0.2, 0) is 13.5 Å². The number of aliphatic hydroxyl groups excluding tert-OH is 1. The summed E-state index contributed by atoms with van der Waals surface area (Å²) in [4.78, 5) is 11.8. The predicted molar refractivity (Wildman–Crippen MR) is 87.7 cm³/mol. The molecule has 22 heavy (non-hydrogen) atoms. The van der Waals surface area contributed by atoms with Crippen molar-refractivity contribution >= 4 is 6.03 Å². The molecule has 1 atom stereocenters. The average molecular weight is 310 g/mol. The number of nitrogens with zero attached hydrogens (tertiary/aromatic N) is 2. The van der Waals surface area contributed by atoms with Crippen LogP contribution in [-0.4, -0.2) is 40.1 Å². The zero-order valence-corrected chi connectivity index (χ0v) is 14.6. The number of carbonyl (C=O) groups is 1. The van der Waals surface area contributed by atoms with E-state index in [9.17, 15) is 9.90 Å². The Labute approximate surface area is 133 Å². The Hall–Kier alpha value is -1.56. The van der Waals surface area contributed by atoms with Crippen LogP contribution >= 0.6 is 0 Å². The summed E-state index contributed by atoms with van der Waals surface area (Å²) in [7, 11) is 1.90. The highest BCUT2D eigenvalue weighted by Crippen LogP contribution is 2.24. The van der Waals surface area contributed by atoms with E-state index in [1.165, 1.54) is 0 Å². The van der Waals surface area contributed by atoms with Gasteiger partial charge >= 0.3 is 6.03 Å². The van der Waals surface area contributed by atoms with Crippen LogP contribution in [0.15, 0.2) is 6.20 Å². The molecular weight excluding hydrogens is 280 g/mol. The van der Waals surface area contributed by atoms with Gasteiger partial charge in [-0.1, -0.05) is 27.7 Å². The third-order valence-corrected chi connectivity index (χ3v) is 4.15. The molecule has 1 heterocycles. The lowest BCUT2D eigenvalue weighted by Crippen LogP contribution is -2.46. The second-order valence-electron chi connectivity index (χ2n) is 6.92. The van der Waals surface area contributed by atoms with Crippen LogP contribution in [0.3, 0.4) is 0 Å². The number of carbonyl (C=O) groups excluding carboxylic acids is 1. The lowest BCUT2D eigenvalue weighted by molar-refractivity contribution is 0.0151. The molecule has 0 aliphatic heterocycles. The SMILES string of the molecule is Cc1c(CCNC(=O)NCC(C)(C)C(O)C(C)C)cnn1C. The van der Waals surface area contributed by atoms with Crippen LogP contribution in [0.4, 0.5) is 4.79 Å². The molecule has 0 bridgehead atoms. The lowest BCUT2D eigenvalue weighted by Gasteiger charge is -2.33. The number of aliphatic hydroxyl groups is 1. The molecule has 0 aliphatic carbocycles. The van der Waals surface area contributed by atoms with Gasteiger partial charge in [0.2, 0.25) is 0 Å². The molecule has 6 nitrogen and oxygen atoms in total. The van der Waals surface area contributed by atoms with E-state index in [4.69, 9.17) is 0 Å². The number of amides is 2. The Morgan fingerprint density at radius 3 is 2.55 bits per heavy atom. The number of nitrogens with one attached hydrogen (secondary N) is 2. The molecule has 6 heteroatoms. The number of hydrogen-bond donors (Lipinski definition) is 3. The Kier molecular flexibility index (Phi) is 6.41. The topological polar surface area (TPSA) is 79.2 Å². The second kappa shape index (κ2) is 7.63. The minimum absolute atomic E-state index is 0.161. The summed E-state index contributed by atoms with van der Waals surface area (Å²) in [6.45, 7) is 10.9. The third-order valence-electron chi connectivity index (χ3n) is 4.15.